The van der Waals surface area contributed by atoms with Crippen LogP contribution in [0.4, 0.5) is 0 Å². The van der Waals surface area contributed by atoms with E-state index < -0.39 is 22.4 Å². The summed E-state index contributed by atoms with van der Waals surface area (Å²) in [6, 6.07) is 10.1. The average molecular weight is 419 g/mol. The summed E-state index contributed by atoms with van der Waals surface area (Å²) in [5.74, 6) is 0.296. The normalized spacial score (nSPS) is 12.2. The van der Waals surface area contributed by atoms with Gasteiger partial charge in [-0.25, -0.2) is 4.79 Å². The number of hydrogen-bond acceptors (Lipinski definition) is 6. The predicted octanol–water partition coefficient (Wildman–Crippen LogP) is 4.45. The summed E-state index contributed by atoms with van der Waals surface area (Å²) in [5, 5.41) is 0. The fraction of sp³-hybridized carbons (Fsp3) is 0.364. The minimum Gasteiger partial charge on any atom is -0.481 e. The topological polar surface area (TPSA) is 78.9 Å². The molecule has 0 saturated carbocycles. The quantitative estimate of drug-likeness (QED) is 0.488. The molecule has 0 bridgehead atoms. The summed E-state index contributed by atoms with van der Waals surface area (Å²) in [4.78, 5) is 24.9. The number of hydrogen-bond donors (Lipinski definition) is 0. The van der Waals surface area contributed by atoms with Crippen LogP contribution in [0.15, 0.2) is 41.3 Å². The molecular weight excluding hydrogens is 392 g/mol. The van der Waals surface area contributed by atoms with Crippen LogP contribution in [0.3, 0.4) is 0 Å². The minimum absolute atomic E-state index is 0.235. The Kier molecular flexibility index (Phi) is 7.19. The van der Waals surface area contributed by atoms with Gasteiger partial charge in [-0.1, -0.05) is 6.07 Å². The van der Waals surface area contributed by atoms with E-state index in [1.165, 1.54) is 6.92 Å². The van der Waals surface area contributed by atoms with Crippen LogP contribution in [-0.4, -0.2) is 34.4 Å². The van der Waals surface area contributed by atoms with Gasteiger partial charge in [0.1, 0.15) is 28.4 Å². The maximum Gasteiger partial charge on any atom is 0.344 e. The molecule has 156 valence electrons. The molecule has 29 heavy (non-hydrogen) atoms. The van der Waals surface area contributed by atoms with Crippen molar-refractivity contribution in [2.24, 2.45) is 0 Å². The zero-order valence-corrected chi connectivity index (χ0v) is 18.3. The molecule has 0 aliphatic heterocycles. The fourth-order valence-electron chi connectivity index (χ4n) is 2.60. The van der Waals surface area contributed by atoms with E-state index in [2.05, 4.69) is 0 Å². The Morgan fingerprint density at radius 1 is 1.03 bits per heavy atom. The third-order valence-electron chi connectivity index (χ3n) is 3.80. The summed E-state index contributed by atoms with van der Waals surface area (Å²) in [6.45, 7) is 8.21. The van der Waals surface area contributed by atoms with Crippen molar-refractivity contribution in [3.8, 4) is 17.2 Å². The molecule has 6 nitrogen and oxygen atoms in total. The molecule has 2 aromatic carbocycles. The van der Waals surface area contributed by atoms with E-state index in [1.54, 1.807) is 63.4 Å². The van der Waals surface area contributed by atoms with Gasteiger partial charge in [0.15, 0.2) is 12.4 Å². The number of carbonyl (C=O) groups is 2. The first-order chi connectivity index (χ1) is 13.5. The molecule has 1 atom stereocenters. The number of benzene rings is 2. The molecule has 2 rings (SSSR count). The second-order valence-corrected chi connectivity index (χ2v) is 8.92. The molecule has 0 aliphatic carbocycles. The molecule has 7 heteroatoms. The highest BCUT2D eigenvalue weighted by atomic mass is 32.2. The van der Waals surface area contributed by atoms with Crippen LogP contribution in [0.25, 0.3) is 0 Å². The SMILES string of the molecule is CC(=O)c1c(OCC(=O)OC(C)(C)C)cccc1Oc1ccc(S(C)=O)cc1C. The monoisotopic (exact) mass is 418 g/mol. The molecule has 2 aromatic rings. The third kappa shape index (κ3) is 6.42. The van der Waals surface area contributed by atoms with Crippen LogP contribution >= 0.6 is 0 Å². The predicted molar refractivity (Wildman–Crippen MR) is 111 cm³/mol. The molecule has 0 aromatic heterocycles. The van der Waals surface area contributed by atoms with E-state index in [-0.39, 0.29) is 23.7 Å². The third-order valence-corrected chi connectivity index (χ3v) is 4.72. The van der Waals surface area contributed by atoms with E-state index >= 15 is 0 Å². The summed E-state index contributed by atoms with van der Waals surface area (Å²) in [7, 11) is -1.10. The second-order valence-electron chi connectivity index (χ2n) is 7.54. The van der Waals surface area contributed by atoms with Crippen LogP contribution in [0.1, 0.15) is 43.6 Å². The maximum atomic E-state index is 12.3. The Hall–Kier alpha value is -2.67. The standard InChI is InChI=1S/C22H26O6S/c1-14-12-16(29(6)25)10-11-17(14)27-19-9-7-8-18(21(19)15(2)23)26-13-20(24)28-22(3,4)5/h7-12H,13H2,1-6H3. The van der Waals surface area contributed by atoms with Crippen LogP contribution in [-0.2, 0) is 20.3 Å². The van der Waals surface area contributed by atoms with Crippen molar-refractivity contribution in [3.05, 3.63) is 47.5 Å². The van der Waals surface area contributed by atoms with Crippen molar-refractivity contribution in [2.45, 2.75) is 45.1 Å². The van der Waals surface area contributed by atoms with Gasteiger partial charge in [0.2, 0.25) is 0 Å². The number of ether oxygens (including phenoxy) is 3. The van der Waals surface area contributed by atoms with Crippen LogP contribution < -0.4 is 9.47 Å². The van der Waals surface area contributed by atoms with Gasteiger partial charge in [0.05, 0.1) is 0 Å². The number of ketones is 1. The number of esters is 1. The lowest BCUT2D eigenvalue weighted by atomic mass is 10.1. The van der Waals surface area contributed by atoms with Crippen molar-refractivity contribution in [2.75, 3.05) is 12.9 Å². The van der Waals surface area contributed by atoms with Crippen LogP contribution in [0.5, 0.6) is 17.2 Å². The first kappa shape index (κ1) is 22.6. The highest BCUT2D eigenvalue weighted by Crippen LogP contribution is 2.34. The molecule has 0 fully saturated rings. The van der Waals surface area contributed by atoms with Crippen LogP contribution in [0, 0.1) is 6.92 Å². The summed E-state index contributed by atoms with van der Waals surface area (Å²) < 4.78 is 28.4. The Labute approximate surface area is 173 Å². The first-order valence-electron chi connectivity index (χ1n) is 9.08. The molecule has 0 saturated heterocycles. The smallest absolute Gasteiger partial charge is 0.344 e. The molecule has 1 unspecified atom stereocenters. The van der Waals surface area contributed by atoms with Gasteiger partial charge < -0.3 is 14.2 Å². The minimum atomic E-state index is -1.10. The van der Waals surface area contributed by atoms with E-state index in [4.69, 9.17) is 14.2 Å². The van der Waals surface area contributed by atoms with Crippen molar-refractivity contribution >= 4 is 22.6 Å². The van der Waals surface area contributed by atoms with E-state index in [1.807, 2.05) is 6.92 Å². The van der Waals surface area contributed by atoms with Crippen molar-refractivity contribution < 1.29 is 28.0 Å². The van der Waals surface area contributed by atoms with E-state index in [0.29, 0.717) is 16.4 Å². The average Bonchev–Trinajstić information content (AvgIpc) is 2.59. The Bertz CT molecular complexity index is 943. The Balaban J connectivity index is 2.28. The fourth-order valence-corrected chi connectivity index (χ4v) is 3.21. The molecule has 0 spiro atoms. The van der Waals surface area contributed by atoms with Gasteiger partial charge >= 0.3 is 5.97 Å². The lowest BCUT2D eigenvalue weighted by Gasteiger charge is -2.20. The van der Waals surface area contributed by atoms with Gasteiger partial charge in [-0.05, 0) is 70.5 Å². The zero-order valence-electron chi connectivity index (χ0n) is 17.5. The number of aryl methyl sites for hydroxylation is 1. The molecular formula is C22H26O6S. The molecule has 0 N–H and O–H groups in total. The van der Waals surface area contributed by atoms with Crippen molar-refractivity contribution in [3.63, 3.8) is 0 Å². The van der Waals surface area contributed by atoms with Crippen molar-refractivity contribution in [1.82, 2.24) is 0 Å². The van der Waals surface area contributed by atoms with Gasteiger partial charge in [0.25, 0.3) is 0 Å². The summed E-state index contributed by atoms with van der Waals surface area (Å²) in [6.07, 6.45) is 1.61. The molecule has 0 amide bonds. The summed E-state index contributed by atoms with van der Waals surface area (Å²) in [5.41, 5.74) is 0.395. The van der Waals surface area contributed by atoms with E-state index in [0.717, 1.165) is 5.56 Å². The number of carbonyl (C=O) groups excluding carboxylic acids is 2. The summed E-state index contributed by atoms with van der Waals surface area (Å²) >= 11 is 0. The highest BCUT2D eigenvalue weighted by molar-refractivity contribution is 7.84. The zero-order chi connectivity index (χ0) is 21.8. The number of Topliss-reactive ketones (excluding diaryl/α,β-unsaturated/α-hetero) is 1. The Morgan fingerprint density at radius 3 is 2.24 bits per heavy atom. The highest BCUT2D eigenvalue weighted by Gasteiger charge is 2.20. The van der Waals surface area contributed by atoms with E-state index in [9.17, 15) is 13.8 Å². The number of rotatable bonds is 7. The maximum absolute atomic E-state index is 12.3. The Morgan fingerprint density at radius 2 is 1.69 bits per heavy atom. The molecule has 0 radical (unpaired) electrons. The second kappa shape index (κ2) is 9.22. The molecule has 0 aliphatic rings. The van der Waals surface area contributed by atoms with Gasteiger partial charge in [-0.15, -0.1) is 0 Å². The largest absolute Gasteiger partial charge is 0.481 e. The molecule has 0 heterocycles. The van der Waals surface area contributed by atoms with Gasteiger partial charge in [-0.3, -0.25) is 9.00 Å². The van der Waals surface area contributed by atoms with Crippen molar-refractivity contribution in [1.29, 1.82) is 0 Å². The lowest BCUT2D eigenvalue weighted by Crippen LogP contribution is -2.27. The van der Waals surface area contributed by atoms with Crippen LogP contribution in [0.2, 0.25) is 0 Å². The first-order valence-corrected chi connectivity index (χ1v) is 10.6. The lowest BCUT2D eigenvalue weighted by molar-refractivity contribution is -0.157. The van der Waals surface area contributed by atoms with Gasteiger partial charge in [-0.2, -0.15) is 0 Å². The van der Waals surface area contributed by atoms with Gasteiger partial charge in [0, 0.05) is 22.0 Å².